The van der Waals surface area contributed by atoms with E-state index in [1.807, 2.05) is 0 Å². The summed E-state index contributed by atoms with van der Waals surface area (Å²) in [7, 11) is 1.73. The average Bonchev–Trinajstić information content (AvgIpc) is 3.46. The molecule has 0 aromatic heterocycles. The van der Waals surface area contributed by atoms with Crippen molar-refractivity contribution in [1.82, 2.24) is 4.90 Å². The summed E-state index contributed by atoms with van der Waals surface area (Å²) < 4.78 is 11.8. The van der Waals surface area contributed by atoms with Gasteiger partial charge in [-0.15, -0.1) is 0 Å². The van der Waals surface area contributed by atoms with Gasteiger partial charge in [-0.05, 0) is 61.8 Å². The molecule has 2 aliphatic heterocycles. The number of ether oxygens (including phenoxy) is 2. The summed E-state index contributed by atoms with van der Waals surface area (Å²) in [5.74, 6) is 1.60. The number of piperidine rings is 1. The van der Waals surface area contributed by atoms with Gasteiger partial charge < -0.3 is 14.4 Å². The fraction of sp³-hybridized carbons (Fsp3) is 0.650. The molecule has 0 spiro atoms. The van der Waals surface area contributed by atoms with Gasteiger partial charge in [0.15, 0.2) is 0 Å². The topological polar surface area (TPSA) is 38.8 Å². The van der Waals surface area contributed by atoms with Gasteiger partial charge in [-0.3, -0.25) is 4.79 Å². The maximum absolute atomic E-state index is 12.8. The van der Waals surface area contributed by atoms with E-state index in [4.69, 9.17) is 9.47 Å². The van der Waals surface area contributed by atoms with E-state index in [2.05, 4.69) is 23.1 Å². The van der Waals surface area contributed by atoms with E-state index in [1.54, 1.807) is 7.11 Å². The maximum atomic E-state index is 12.8. The highest BCUT2D eigenvalue weighted by atomic mass is 16.5. The quantitative estimate of drug-likeness (QED) is 0.838. The molecule has 128 valence electrons. The van der Waals surface area contributed by atoms with Crippen molar-refractivity contribution in [1.29, 1.82) is 0 Å². The van der Waals surface area contributed by atoms with E-state index < -0.39 is 0 Å². The second-order valence-corrected chi connectivity index (χ2v) is 7.90. The Morgan fingerprint density at radius 2 is 2.21 bits per heavy atom. The van der Waals surface area contributed by atoms with E-state index in [9.17, 15) is 4.79 Å². The zero-order valence-electron chi connectivity index (χ0n) is 14.3. The first-order chi connectivity index (χ1) is 11.7. The number of amides is 1. The lowest BCUT2D eigenvalue weighted by Crippen LogP contribution is -2.66. The van der Waals surface area contributed by atoms with Crippen molar-refractivity contribution in [3.8, 4) is 5.75 Å². The van der Waals surface area contributed by atoms with Crippen LogP contribution in [0.15, 0.2) is 18.2 Å². The van der Waals surface area contributed by atoms with Crippen LogP contribution in [0.25, 0.3) is 0 Å². The minimum Gasteiger partial charge on any atom is -0.497 e. The number of fused-ring (bicyclic) bond motifs is 1. The molecule has 1 amide bonds. The molecule has 0 radical (unpaired) electrons. The van der Waals surface area contributed by atoms with Crippen LogP contribution in [0.1, 0.15) is 43.2 Å². The number of carbonyl (C=O) groups is 1. The molecule has 0 unspecified atom stereocenters. The van der Waals surface area contributed by atoms with Crippen molar-refractivity contribution in [2.24, 2.45) is 5.92 Å². The second kappa shape index (κ2) is 5.22. The number of likely N-dealkylation sites (tertiary alicyclic amines) is 1. The number of benzene rings is 1. The van der Waals surface area contributed by atoms with Gasteiger partial charge in [-0.1, -0.05) is 6.07 Å². The fourth-order valence-corrected chi connectivity index (χ4v) is 5.32. The Labute approximate surface area is 143 Å². The molecular formula is C20H25NO3. The number of methoxy groups -OCH3 is 1. The van der Waals surface area contributed by atoms with Gasteiger partial charge in [0.05, 0.1) is 19.3 Å². The van der Waals surface area contributed by atoms with Crippen LogP contribution in [0, 0.1) is 5.92 Å². The normalized spacial score (nSPS) is 34.3. The molecule has 4 aliphatic rings. The van der Waals surface area contributed by atoms with Crippen LogP contribution >= 0.6 is 0 Å². The summed E-state index contributed by atoms with van der Waals surface area (Å²) in [6.07, 6.45) is 6.52. The molecule has 24 heavy (non-hydrogen) atoms. The summed E-state index contributed by atoms with van der Waals surface area (Å²) in [6, 6.07) is 6.71. The molecule has 4 nitrogen and oxygen atoms in total. The first kappa shape index (κ1) is 14.8. The Morgan fingerprint density at radius 1 is 1.33 bits per heavy atom. The van der Waals surface area contributed by atoms with Crippen LogP contribution in [-0.4, -0.2) is 43.2 Å². The van der Waals surface area contributed by atoms with Crippen LogP contribution in [-0.2, 0) is 21.4 Å². The molecule has 5 rings (SSSR count). The maximum Gasteiger partial charge on any atom is 0.226 e. The van der Waals surface area contributed by atoms with Crippen molar-refractivity contribution in [2.45, 2.75) is 56.1 Å². The van der Waals surface area contributed by atoms with E-state index >= 15 is 0 Å². The minimum atomic E-state index is 0.0748. The molecule has 2 saturated heterocycles. The molecular weight excluding hydrogens is 302 g/mol. The lowest BCUT2D eigenvalue weighted by molar-refractivity contribution is -0.158. The zero-order valence-corrected chi connectivity index (χ0v) is 14.3. The first-order valence-electron chi connectivity index (χ1n) is 9.32. The van der Waals surface area contributed by atoms with Crippen LogP contribution in [0.2, 0.25) is 0 Å². The summed E-state index contributed by atoms with van der Waals surface area (Å²) in [5.41, 5.74) is 2.88. The van der Waals surface area contributed by atoms with Gasteiger partial charge in [0.2, 0.25) is 5.91 Å². The Kier molecular flexibility index (Phi) is 3.21. The highest BCUT2D eigenvalue weighted by molar-refractivity contribution is 5.82. The molecule has 4 heteroatoms. The van der Waals surface area contributed by atoms with Crippen molar-refractivity contribution >= 4 is 5.91 Å². The first-order valence-corrected chi connectivity index (χ1v) is 9.32. The van der Waals surface area contributed by atoms with Gasteiger partial charge in [0.1, 0.15) is 5.75 Å². The molecule has 3 atom stereocenters. The monoisotopic (exact) mass is 327 g/mol. The van der Waals surface area contributed by atoms with Crippen LogP contribution in [0.4, 0.5) is 0 Å². The molecule has 2 aliphatic carbocycles. The van der Waals surface area contributed by atoms with Gasteiger partial charge in [0.25, 0.3) is 0 Å². The molecule has 2 bridgehead atoms. The van der Waals surface area contributed by atoms with E-state index in [-0.39, 0.29) is 17.6 Å². The zero-order chi connectivity index (χ0) is 16.3. The minimum absolute atomic E-state index is 0.0748. The Hall–Kier alpha value is -1.55. The molecule has 1 saturated carbocycles. The molecule has 2 heterocycles. The van der Waals surface area contributed by atoms with Gasteiger partial charge in [-0.2, -0.15) is 0 Å². The average molecular weight is 327 g/mol. The molecule has 0 N–H and O–H groups in total. The number of carbonyl (C=O) groups excluding carboxylic acids is 1. The van der Waals surface area contributed by atoms with E-state index in [0.717, 1.165) is 51.0 Å². The molecule has 3 fully saturated rings. The standard InChI is InChI=1S/C20H25NO3/c1-23-15-6-5-14-11-17-18-20(16(14)12-15,7-2-10-24-18)8-9-21(17)19(22)13-3-4-13/h5-6,12-13,17-18H,2-4,7-11H2,1H3/t17-,18+,20+/m1/s1. The summed E-state index contributed by atoms with van der Waals surface area (Å²) in [5, 5.41) is 0. The predicted octanol–water partition coefficient (Wildman–Crippen LogP) is 2.68. The summed E-state index contributed by atoms with van der Waals surface area (Å²) in [4.78, 5) is 15.0. The number of nitrogens with zero attached hydrogens (tertiary/aromatic N) is 1. The SMILES string of the molecule is COc1ccc2c(c1)[C@@]13CCCO[C@H]1[C@@H](C2)N(C(=O)C1CC1)CC3. The molecule has 1 aromatic rings. The Bertz CT molecular complexity index is 683. The van der Waals surface area contributed by atoms with Gasteiger partial charge >= 0.3 is 0 Å². The third-order valence-corrected chi connectivity index (χ3v) is 6.65. The lowest BCUT2D eigenvalue weighted by Gasteiger charge is -2.58. The van der Waals surface area contributed by atoms with Crippen LogP contribution < -0.4 is 4.74 Å². The van der Waals surface area contributed by atoms with Crippen molar-refractivity contribution in [2.75, 3.05) is 20.3 Å². The van der Waals surface area contributed by atoms with E-state index in [0.29, 0.717) is 11.8 Å². The number of hydrogen-bond acceptors (Lipinski definition) is 3. The number of rotatable bonds is 2. The summed E-state index contributed by atoms with van der Waals surface area (Å²) >= 11 is 0. The number of hydrogen-bond donors (Lipinski definition) is 0. The largest absolute Gasteiger partial charge is 0.497 e. The van der Waals surface area contributed by atoms with Gasteiger partial charge in [-0.25, -0.2) is 0 Å². The van der Waals surface area contributed by atoms with Crippen molar-refractivity contribution in [3.63, 3.8) is 0 Å². The molecule has 1 aromatic carbocycles. The fourth-order valence-electron chi connectivity index (χ4n) is 5.32. The second-order valence-electron chi connectivity index (χ2n) is 7.90. The third-order valence-electron chi connectivity index (χ3n) is 6.65. The Morgan fingerprint density at radius 3 is 3.00 bits per heavy atom. The van der Waals surface area contributed by atoms with Crippen LogP contribution in [0.5, 0.6) is 5.75 Å². The Balaban J connectivity index is 1.59. The lowest BCUT2D eigenvalue weighted by atomic mass is 9.59. The van der Waals surface area contributed by atoms with Crippen molar-refractivity contribution in [3.05, 3.63) is 29.3 Å². The van der Waals surface area contributed by atoms with Crippen LogP contribution in [0.3, 0.4) is 0 Å². The predicted molar refractivity (Wildman–Crippen MR) is 90.2 cm³/mol. The van der Waals surface area contributed by atoms with Crippen molar-refractivity contribution < 1.29 is 14.3 Å². The van der Waals surface area contributed by atoms with E-state index in [1.165, 1.54) is 17.5 Å². The third kappa shape index (κ3) is 1.98. The smallest absolute Gasteiger partial charge is 0.226 e. The van der Waals surface area contributed by atoms with Gasteiger partial charge in [0, 0.05) is 24.5 Å². The summed E-state index contributed by atoms with van der Waals surface area (Å²) in [6.45, 7) is 1.71. The highest BCUT2D eigenvalue weighted by Gasteiger charge is 2.56. The highest BCUT2D eigenvalue weighted by Crippen LogP contribution is 2.52.